The first-order valence-corrected chi connectivity index (χ1v) is 5.36. The highest BCUT2D eigenvalue weighted by Gasteiger charge is 2.02. The molecule has 1 N–H and O–H groups in total. The molecule has 1 aromatic rings. The van der Waals surface area contributed by atoms with E-state index in [1.807, 2.05) is 18.6 Å². The molecule has 1 heterocycles. The maximum absolute atomic E-state index is 4.24. The molecule has 0 radical (unpaired) electrons. The normalized spacial score (nSPS) is 12.5. The molecule has 0 aliphatic rings. The molecule has 13 heavy (non-hydrogen) atoms. The van der Waals surface area contributed by atoms with Crippen molar-refractivity contribution in [1.29, 1.82) is 0 Å². The molecule has 0 aromatic carbocycles. The second kappa shape index (κ2) is 5.14. The molecular formula is C10H16N2S. The number of nitrogens with zero attached hydrogens (tertiary/aromatic N) is 1. The molecule has 72 valence electrons. The van der Waals surface area contributed by atoms with Gasteiger partial charge in [0.05, 0.1) is 0 Å². The Morgan fingerprint density at radius 2 is 2.46 bits per heavy atom. The Morgan fingerprint density at radius 3 is 2.92 bits per heavy atom. The minimum Gasteiger partial charge on any atom is -0.316 e. The summed E-state index contributed by atoms with van der Waals surface area (Å²) in [7, 11) is 1.97. The van der Waals surface area contributed by atoms with Crippen molar-refractivity contribution >= 4 is 17.4 Å². The first-order chi connectivity index (χ1) is 6.24. The van der Waals surface area contributed by atoms with Crippen LogP contribution in [0.15, 0.2) is 17.2 Å². The number of thiazole rings is 1. The molecule has 0 saturated carbocycles. The molecule has 2 nitrogen and oxygen atoms in total. The largest absolute Gasteiger partial charge is 0.316 e. The first-order valence-electron chi connectivity index (χ1n) is 4.48. The topological polar surface area (TPSA) is 24.9 Å². The summed E-state index contributed by atoms with van der Waals surface area (Å²) in [5.74, 6) is 0.580. The van der Waals surface area contributed by atoms with Crippen LogP contribution in [0.4, 0.5) is 0 Å². The SMILES string of the molecule is CNC/C(=C/c1nccs1)C(C)C. The van der Waals surface area contributed by atoms with E-state index in [2.05, 4.69) is 30.2 Å². The van der Waals surface area contributed by atoms with E-state index in [4.69, 9.17) is 0 Å². The summed E-state index contributed by atoms with van der Waals surface area (Å²) in [5.41, 5.74) is 1.40. The smallest absolute Gasteiger partial charge is 0.115 e. The van der Waals surface area contributed by atoms with Crippen LogP contribution >= 0.6 is 11.3 Å². The fourth-order valence-corrected chi connectivity index (χ4v) is 1.69. The van der Waals surface area contributed by atoms with E-state index >= 15 is 0 Å². The molecule has 0 atom stereocenters. The number of aromatic nitrogens is 1. The van der Waals surface area contributed by atoms with Gasteiger partial charge in [-0.15, -0.1) is 11.3 Å². The van der Waals surface area contributed by atoms with Gasteiger partial charge in [0.15, 0.2) is 0 Å². The van der Waals surface area contributed by atoms with Gasteiger partial charge in [-0.3, -0.25) is 0 Å². The molecule has 3 heteroatoms. The Kier molecular flexibility index (Phi) is 4.12. The second-order valence-corrected chi connectivity index (χ2v) is 4.20. The van der Waals surface area contributed by atoms with Crippen LogP contribution < -0.4 is 5.32 Å². The highest BCUT2D eigenvalue weighted by molar-refractivity contribution is 7.10. The molecule has 0 fully saturated rings. The monoisotopic (exact) mass is 196 g/mol. The third-order valence-electron chi connectivity index (χ3n) is 1.88. The molecule has 0 unspecified atom stereocenters. The summed E-state index contributed by atoms with van der Waals surface area (Å²) in [6, 6.07) is 0. The summed E-state index contributed by atoms with van der Waals surface area (Å²) in [6.45, 7) is 5.35. The van der Waals surface area contributed by atoms with Gasteiger partial charge in [-0.2, -0.15) is 0 Å². The first kappa shape index (κ1) is 10.4. The van der Waals surface area contributed by atoms with Crippen LogP contribution in [-0.2, 0) is 0 Å². The van der Waals surface area contributed by atoms with Gasteiger partial charge in [0.2, 0.25) is 0 Å². The lowest BCUT2D eigenvalue weighted by Crippen LogP contribution is -2.13. The van der Waals surface area contributed by atoms with E-state index < -0.39 is 0 Å². The van der Waals surface area contributed by atoms with Crippen molar-refractivity contribution < 1.29 is 0 Å². The molecule has 1 aromatic heterocycles. The number of likely N-dealkylation sites (N-methyl/N-ethyl adjacent to an activating group) is 1. The van der Waals surface area contributed by atoms with E-state index in [-0.39, 0.29) is 0 Å². The van der Waals surface area contributed by atoms with Gasteiger partial charge in [-0.05, 0) is 19.0 Å². The molecule has 0 aliphatic heterocycles. The van der Waals surface area contributed by atoms with Crippen molar-refractivity contribution in [3.63, 3.8) is 0 Å². The predicted octanol–water partition coefficient (Wildman–Crippen LogP) is 2.40. The minimum atomic E-state index is 0.580. The lowest BCUT2D eigenvalue weighted by molar-refractivity contribution is 0.713. The molecule has 0 amide bonds. The maximum atomic E-state index is 4.24. The fourth-order valence-electron chi connectivity index (χ4n) is 1.09. The van der Waals surface area contributed by atoms with Crippen LogP contribution in [-0.4, -0.2) is 18.6 Å². The van der Waals surface area contributed by atoms with Gasteiger partial charge in [-0.1, -0.05) is 19.4 Å². The standard InChI is InChI=1S/C10H16N2S/c1-8(2)9(7-11-3)6-10-12-4-5-13-10/h4-6,8,11H,7H2,1-3H3/b9-6-. The third-order valence-corrected chi connectivity index (χ3v) is 2.61. The average molecular weight is 196 g/mol. The van der Waals surface area contributed by atoms with E-state index in [1.165, 1.54) is 5.57 Å². The molecule has 0 aliphatic carbocycles. The Labute approximate surface area is 83.7 Å². The van der Waals surface area contributed by atoms with Crippen LogP contribution in [0.3, 0.4) is 0 Å². The maximum Gasteiger partial charge on any atom is 0.115 e. The van der Waals surface area contributed by atoms with Crippen molar-refractivity contribution in [2.75, 3.05) is 13.6 Å². The zero-order chi connectivity index (χ0) is 9.68. The number of hydrogen-bond donors (Lipinski definition) is 1. The van der Waals surface area contributed by atoms with Crippen LogP contribution in [0.5, 0.6) is 0 Å². The fraction of sp³-hybridized carbons (Fsp3) is 0.500. The zero-order valence-corrected chi connectivity index (χ0v) is 9.19. The number of hydrogen-bond acceptors (Lipinski definition) is 3. The van der Waals surface area contributed by atoms with E-state index in [0.29, 0.717) is 5.92 Å². The Bertz CT molecular complexity index is 262. The number of rotatable bonds is 4. The third kappa shape index (κ3) is 3.28. The molecular weight excluding hydrogens is 180 g/mol. The lowest BCUT2D eigenvalue weighted by atomic mass is 10.0. The molecule has 0 spiro atoms. The van der Waals surface area contributed by atoms with Crippen molar-refractivity contribution in [2.45, 2.75) is 13.8 Å². The van der Waals surface area contributed by atoms with Gasteiger partial charge in [0.1, 0.15) is 5.01 Å². The summed E-state index contributed by atoms with van der Waals surface area (Å²) in [6.07, 6.45) is 4.01. The second-order valence-electron chi connectivity index (χ2n) is 3.27. The summed E-state index contributed by atoms with van der Waals surface area (Å²) in [4.78, 5) is 4.24. The minimum absolute atomic E-state index is 0.580. The summed E-state index contributed by atoms with van der Waals surface area (Å²) < 4.78 is 0. The lowest BCUT2D eigenvalue weighted by Gasteiger charge is -2.09. The number of nitrogens with one attached hydrogen (secondary N) is 1. The quantitative estimate of drug-likeness (QED) is 0.800. The van der Waals surface area contributed by atoms with Crippen LogP contribution in [0.25, 0.3) is 6.08 Å². The van der Waals surface area contributed by atoms with Gasteiger partial charge < -0.3 is 5.32 Å². The van der Waals surface area contributed by atoms with Crippen molar-refractivity contribution in [3.05, 3.63) is 22.2 Å². The highest BCUT2D eigenvalue weighted by Crippen LogP contribution is 2.15. The van der Waals surface area contributed by atoms with E-state index in [0.717, 1.165) is 11.6 Å². The van der Waals surface area contributed by atoms with Crippen LogP contribution in [0.2, 0.25) is 0 Å². The van der Waals surface area contributed by atoms with Gasteiger partial charge in [0.25, 0.3) is 0 Å². The van der Waals surface area contributed by atoms with Crippen LogP contribution in [0.1, 0.15) is 18.9 Å². The van der Waals surface area contributed by atoms with Gasteiger partial charge in [0, 0.05) is 18.1 Å². The Morgan fingerprint density at radius 1 is 1.69 bits per heavy atom. The van der Waals surface area contributed by atoms with Crippen molar-refractivity contribution in [3.8, 4) is 0 Å². The highest BCUT2D eigenvalue weighted by atomic mass is 32.1. The summed E-state index contributed by atoms with van der Waals surface area (Å²) in [5, 5.41) is 6.27. The summed E-state index contributed by atoms with van der Waals surface area (Å²) >= 11 is 1.68. The molecule has 0 bridgehead atoms. The Balaban J connectivity index is 2.74. The molecule has 0 saturated heterocycles. The average Bonchev–Trinajstić information content (AvgIpc) is 2.56. The Hall–Kier alpha value is -0.670. The van der Waals surface area contributed by atoms with E-state index in [1.54, 1.807) is 11.3 Å². The predicted molar refractivity (Wildman–Crippen MR) is 58.9 cm³/mol. The van der Waals surface area contributed by atoms with Crippen molar-refractivity contribution in [1.82, 2.24) is 10.3 Å². The molecule has 1 rings (SSSR count). The van der Waals surface area contributed by atoms with Crippen molar-refractivity contribution in [2.24, 2.45) is 5.92 Å². The van der Waals surface area contributed by atoms with Gasteiger partial charge in [-0.25, -0.2) is 4.98 Å². The van der Waals surface area contributed by atoms with Crippen LogP contribution in [0, 0.1) is 5.92 Å². The van der Waals surface area contributed by atoms with E-state index in [9.17, 15) is 0 Å². The van der Waals surface area contributed by atoms with Gasteiger partial charge >= 0.3 is 0 Å². The zero-order valence-electron chi connectivity index (χ0n) is 8.37.